The van der Waals surface area contributed by atoms with Gasteiger partial charge in [-0.3, -0.25) is 18.3 Å². The molecule has 0 saturated carbocycles. The molecule has 0 unspecified atom stereocenters. The summed E-state index contributed by atoms with van der Waals surface area (Å²) in [6.45, 7) is 5.13. The Morgan fingerprint density at radius 2 is 1.77 bits per heavy atom. The summed E-state index contributed by atoms with van der Waals surface area (Å²) in [4.78, 5) is 31.2. The Bertz CT molecular complexity index is 1540. The quantitative estimate of drug-likeness (QED) is 0.465. The lowest BCUT2D eigenvalue weighted by atomic mass is 10.0. The Morgan fingerprint density at radius 1 is 1.00 bits per heavy atom. The molecule has 30 heavy (non-hydrogen) atoms. The molecule has 0 N–H and O–H groups in total. The van der Waals surface area contributed by atoms with E-state index in [1.54, 1.807) is 7.05 Å². The highest BCUT2D eigenvalue weighted by Gasteiger charge is 2.20. The van der Waals surface area contributed by atoms with Gasteiger partial charge in [-0.05, 0) is 29.7 Å². The summed E-state index contributed by atoms with van der Waals surface area (Å²) >= 11 is 0. The Labute approximate surface area is 172 Å². The fourth-order valence-corrected chi connectivity index (χ4v) is 4.30. The van der Waals surface area contributed by atoms with Crippen LogP contribution in [0.25, 0.3) is 27.7 Å². The summed E-state index contributed by atoms with van der Waals surface area (Å²) in [6, 6.07) is 13.9. The molecule has 3 aromatic heterocycles. The van der Waals surface area contributed by atoms with Crippen molar-refractivity contribution in [1.82, 2.24) is 23.1 Å². The number of imidazole rings is 2. The third-order valence-electron chi connectivity index (χ3n) is 5.80. The molecule has 2 aromatic carbocycles. The monoisotopic (exact) mass is 401 g/mol. The third-order valence-corrected chi connectivity index (χ3v) is 5.80. The summed E-state index contributed by atoms with van der Waals surface area (Å²) < 4.78 is 6.69. The van der Waals surface area contributed by atoms with E-state index in [-0.39, 0.29) is 17.8 Å². The van der Waals surface area contributed by atoms with Crippen molar-refractivity contribution in [3.63, 3.8) is 0 Å². The van der Waals surface area contributed by atoms with Crippen molar-refractivity contribution < 1.29 is 0 Å². The molecule has 3 heterocycles. The molecule has 7 nitrogen and oxygen atoms in total. The maximum Gasteiger partial charge on any atom is 0.332 e. The fourth-order valence-electron chi connectivity index (χ4n) is 4.30. The molecule has 0 atom stereocenters. The first-order chi connectivity index (χ1) is 14.5. The second-order valence-corrected chi connectivity index (χ2v) is 7.75. The smallest absolute Gasteiger partial charge is 0.314 e. The molecule has 0 bridgehead atoms. The number of aryl methyl sites for hydroxylation is 3. The predicted octanol–water partition coefficient (Wildman–Crippen LogP) is 3.07. The Balaban J connectivity index is 1.79. The summed E-state index contributed by atoms with van der Waals surface area (Å²) in [6.07, 6.45) is 2.88. The van der Waals surface area contributed by atoms with Gasteiger partial charge < -0.3 is 4.57 Å². The van der Waals surface area contributed by atoms with Gasteiger partial charge in [0.15, 0.2) is 11.2 Å². The number of nitrogens with zero attached hydrogens (tertiary/aromatic N) is 5. The van der Waals surface area contributed by atoms with Crippen LogP contribution in [0.15, 0.2) is 58.3 Å². The molecule has 0 spiro atoms. The Morgan fingerprint density at radius 3 is 2.57 bits per heavy atom. The van der Waals surface area contributed by atoms with Crippen molar-refractivity contribution in [1.29, 1.82) is 0 Å². The second kappa shape index (κ2) is 6.73. The van der Waals surface area contributed by atoms with Crippen LogP contribution in [-0.2, 0) is 20.1 Å². The third kappa shape index (κ3) is 2.55. The number of benzene rings is 2. The van der Waals surface area contributed by atoms with E-state index < -0.39 is 0 Å². The number of hydrogen-bond acceptors (Lipinski definition) is 3. The van der Waals surface area contributed by atoms with Crippen molar-refractivity contribution in [3.8, 4) is 0 Å². The van der Waals surface area contributed by atoms with Gasteiger partial charge in [-0.2, -0.15) is 4.98 Å². The van der Waals surface area contributed by atoms with Crippen molar-refractivity contribution >= 4 is 27.7 Å². The van der Waals surface area contributed by atoms with Gasteiger partial charge >= 0.3 is 5.69 Å². The highest BCUT2D eigenvalue weighted by molar-refractivity contribution is 5.85. The number of aromatic nitrogens is 5. The second-order valence-electron chi connectivity index (χ2n) is 7.75. The van der Waals surface area contributed by atoms with Crippen LogP contribution in [0.2, 0.25) is 0 Å². The van der Waals surface area contributed by atoms with Gasteiger partial charge in [0.1, 0.15) is 0 Å². The van der Waals surface area contributed by atoms with Gasteiger partial charge in [-0.1, -0.05) is 49.4 Å². The largest absolute Gasteiger partial charge is 0.332 e. The van der Waals surface area contributed by atoms with E-state index in [0.29, 0.717) is 16.9 Å². The van der Waals surface area contributed by atoms with Gasteiger partial charge in [-0.25, -0.2) is 4.79 Å². The topological polar surface area (TPSA) is 66.2 Å². The average Bonchev–Trinajstić information content (AvgIpc) is 3.26. The SMILES string of the molecule is CCCn1c(C)cn2c3c(=O)n(Cc4cccc5ccccc45)c(=O)n(C)c3nc12. The van der Waals surface area contributed by atoms with Crippen LogP contribution in [0, 0.1) is 6.92 Å². The van der Waals surface area contributed by atoms with Crippen molar-refractivity contribution in [2.24, 2.45) is 7.05 Å². The van der Waals surface area contributed by atoms with Gasteiger partial charge in [0.2, 0.25) is 5.78 Å². The lowest BCUT2D eigenvalue weighted by Crippen LogP contribution is -2.39. The molecule has 0 aliphatic rings. The first-order valence-electron chi connectivity index (χ1n) is 10.2. The minimum Gasteiger partial charge on any atom is -0.314 e. The van der Waals surface area contributed by atoms with Gasteiger partial charge in [-0.15, -0.1) is 0 Å². The molecular weight excluding hydrogens is 378 g/mol. The molecular formula is C23H23N5O2. The fraction of sp³-hybridized carbons (Fsp3) is 0.261. The van der Waals surface area contributed by atoms with Crippen molar-refractivity contribution in [3.05, 3.63) is 80.8 Å². The molecule has 0 aliphatic heterocycles. The normalized spacial score (nSPS) is 11.8. The van der Waals surface area contributed by atoms with E-state index >= 15 is 0 Å². The molecule has 0 radical (unpaired) electrons. The van der Waals surface area contributed by atoms with Crippen LogP contribution < -0.4 is 11.2 Å². The molecule has 0 fully saturated rings. The number of rotatable bonds is 4. The lowest BCUT2D eigenvalue weighted by molar-refractivity contribution is 0.658. The maximum absolute atomic E-state index is 13.5. The van der Waals surface area contributed by atoms with Gasteiger partial charge in [0.25, 0.3) is 5.56 Å². The predicted molar refractivity (Wildman–Crippen MR) is 118 cm³/mol. The number of hydrogen-bond donors (Lipinski definition) is 0. The number of fused-ring (bicyclic) bond motifs is 4. The molecule has 152 valence electrons. The van der Waals surface area contributed by atoms with Crippen LogP contribution in [0.5, 0.6) is 0 Å². The molecule has 0 saturated heterocycles. The minimum absolute atomic E-state index is 0.213. The van der Waals surface area contributed by atoms with Crippen LogP contribution in [0.4, 0.5) is 0 Å². The summed E-state index contributed by atoms with van der Waals surface area (Å²) in [5.41, 5.74) is 2.15. The van der Waals surface area contributed by atoms with Crippen LogP contribution >= 0.6 is 0 Å². The first kappa shape index (κ1) is 18.4. The zero-order chi connectivity index (χ0) is 21.0. The lowest BCUT2D eigenvalue weighted by Gasteiger charge is -2.10. The molecule has 5 aromatic rings. The maximum atomic E-state index is 13.5. The summed E-state index contributed by atoms with van der Waals surface area (Å²) in [5, 5.41) is 2.12. The first-order valence-corrected chi connectivity index (χ1v) is 10.2. The van der Waals surface area contributed by atoms with Crippen molar-refractivity contribution in [2.75, 3.05) is 0 Å². The zero-order valence-corrected chi connectivity index (χ0v) is 17.3. The average molecular weight is 401 g/mol. The standard InChI is InChI=1S/C23H23N5O2/c1-4-12-26-15(2)13-27-19-20(24-22(26)27)25(3)23(30)28(21(19)29)14-17-10-7-9-16-8-5-6-11-18(16)17/h5-11,13H,4,12,14H2,1-3H3. The van der Waals surface area contributed by atoms with E-state index in [1.807, 2.05) is 60.0 Å². The Hall–Kier alpha value is -3.61. The Kier molecular flexibility index (Phi) is 4.13. The summed E-state index contributed by atoms with van der Waals surface area (Å²) in [7, 11) is 1.67. The molecule has 5 rings (SSSR count). The van der Waals surface area contributed by atoms with Crippen LogP contribution in [-0.4, -0.2) is 23.1 Å². The molecule has 7 heteroatoms. The van der Waals surface area contributed by atoms with Crippen molar-refractivity contribution in [2.45, 2.75) is 33.4 Å². The minimum atomic E-state index is -0.361. The highest BCUT2D eigenvalue weighted by Crippen LogP contribution is 2.20. The molecule has 0 amide bonds. The van der Waals surface area contributed by atoms with E-state index in [4.69, 9.17) is 0 Å². The van der Waals surface area contributed by atoms with Crippen LogP contribution in [0.3, 0.4) is 0 Å². The summed E-state index contributed by atoms with van der Waals surface area (Å²) in [5.74, 6) is 0.694. The van der Waals surface area contributed by atoms with E-state index in [9.17, 15) is 9.59 Å². The zero-order valence-electron chi connectivity index (χ0n) is 17.3. The molecule has 0 aliphatic carbocycles. The van der Waals surface area contributed by atoms with Gasteiger partial charge in [0.05, 0.1) is 6.54 Å². The van der Waals surface area contributed by atoms with Gasteiger partial charge in [0, 0.05) is 25.5 Å². The van der Waals surface area contributed by atoms with Crippen LogP contribution in [0.1, 0.15) is 24.6 Å². The highest BCUT2D eigenvalue weighted by atomic mass is 16.2. The van der Waals surface area contributed by atoms with E-state index in [2.05, 4.69) is 16.5 Å². The van der Waals surface area contributed by atoms with E-state index in [1.165, 1.54) is 9.13 Å². The van der Waals surface area contributed by atoms with E-state index in [0.717, 1.165) is 35.0 Å².